The summed E-state index contributed by atoms with van der Waals surface area (Å²) in [7, 11) is 0. The molecule has 3 rings (SSSR count). The Morgan fingerprint density at radius 3 is 2.67 bits per heavy atom. The standard InChI is InChI=1S/C16H22ClN/c1-2-10-18-16(13-6-3-4-9-14(13)17)15-11-7-5-8-12(11)15/h3-4,6,9,11-12,15-16,18H,2,5,7-8,10H2,1H3. The van der Waals surface area contributed by atoms with Crippen LogP contribution in [0.1, 0.15) is 44.2 Å². The molecule has 0 aromatic heterocycles. The van der Waals surface area contributed by atoms with Gasteiger partial charge in [0.15, 0.2) is 0 Å². The number of fused-ring (bicyclic) bond motifs is 1. The highest BCUT2D eigenvalue weighted by molar-refractivity contribution is 6.31. The smallest absolute Gasteiger partial charge is 0.0453 e. The van der Waals surface area contributed by atoms with Gasteiger partial charge in [-0.15, -0.1) is 0 Å². The molecule has 2 heteroatoms. The van der Waals surface area contributed by atoms with Crippen LogP contribution in [-0.4, -0.2) is 6.54 Å². The molecule has 0 bridgehead atoms. The highest BCUT2D eigenvalue weighted by Crippen LogP contribution is 2.62. The molecule has 0 amide bonds. The van der Waals surface area contributed by atoms with E-state index in [1.165, 1.54) is 31.2 Å². The Morgan fingerprint density at radius 2 is 2.00 bits per heavy atom. The molecule has 2 aliphatic carbocycles. The highest BCUT2D eigenvalue weighted by atomic mass is 35.5. The van der Waals surface area contributed by atoms with E-state index < -0.39 is 0 Å². The number of rotatable bonds is 5. The van der Waals surface area contributed by atoms with Crippen molar-refractivity contribution < 1.29 is 0 Å². The van der Waals surface area contributed by atoms with E-state index in [0.29, 0.717) is 6.04 Å². The summed E-state index contributed by atoms with van der Waals surface area (Å²) in [6, 6.07) is 8.84. The molecule has 1 N–H and O–H groups in total. The van der Waals surface area contributed by atoms with Gasteiger partial charge < -0.3 is 5.32 Å². The first-order valence-corrected chi connectivity index (χ1v) is 7.68. The van der Waals surface area contributed by atoms with E-state index in [-0.39, 0.29) is 0 Å². The van der Waals surface area contributed by atoms with Crippen LogP contribution in [0.2, 0.25) is 5.02 Å². The Kier molecular flexibility index (Phi) is 3.63. The van der Waals surface area contributed by atoms with Gasteiger partial charge in [0, 0.05) is 11.1 Å². The lowest BCUT2D eigenvalue weighted by atomic mass is 9.96. The van der Waals surface area contributed by atoms with E-state index >= 15 is 0 Å². The second kappa shape index (κ2) is 5.22. The van der Waals surface area contributed by atoms with E-state index in [9.17, 15) is 0 Å². The largest absolute Gasteiger partial charge is 0.310 e. The summed E-state index contributed by atoms with van der Waals surface area (Å²) in [6.07, 6.45) is 5.49. The fraction of sp³-hybridized carbons (Fsp3) is 0.625. The van der Waals surface area contributed by atoms with Crippen LogP contribution in [0.5, 0.6) is 0 Å². The van der Waals surface area contributed by atoms with Gasteiger partial charge in [-0.2, -0.15) is 0 Å². The number of nitrogens with one attached hydrogen (secondary N) is 1. The van der Waals surface area contributed by atoms with Crippen molar-refractivity contribution in [3.05, 3.63) is 34.9 Å². The predicted octanol–water partition coefficient (Wildman–Crippen LogP) is 4.43. The Labute approximate surface area is 115 Å². The van der Waals surface area contributed by atoms with Gasteiger partial charge in [-0.05, 0) is 55.2 Å². The van der Waals surface area contributed by atoms with E-state index in [4.69, 9.17) is 11.6 Å². The summed E-state index contributed by atoms with van der Waals surface area (Å²) in [5, 5.41) is 4.66. The fourth-order valence-corrected chi connectivity index (χ4v) is 4.11. The maximum atomic E-state index is 6.39. The van der Waals surface area contributed by atoms with Crippen molar-refractivity contribution in [3.63, 3.8) is 0 Å². The van der Waals surface area contributed by atoms with Gasteiger partial charge in [-0.1, -0.05) is 43.1 Å². The molecule has 1 aromatic carbocycles. The van der Waals surface area contributed by atoms with Crippen LogP contribution in [0.4, 0.5) is 0 Å². The first kappa shape index (κ1) is 12.5. The summed E-state index contributed by atoms with van der Waals surface area (Å²) < 4.78 is 0. The van der Waals surface area contributed by atoms with E-state index in [2.05, 4.69) is 24.4 Å². The highest BCUT2D eigenvalue weighted by Gasteiger charge is 2.56. The molecule has 2 fully saturated rings. The minimum Gasteiger partial charge on any atom is -0.310 e. The zero-order valence-corrected chi connectivity index (χ0v) is 11.8. The number of hydrogen-bond acceptors (Lipinski definition) is 1. The summed E-state index contributed by atoms with van der Waals surface area (Å²) >= 11 is 6.39. The molecule has 1 nitrogen and oxygen atoms in total. The van der Waals surface area contributed by atoms with Crippen LogP contribution >= 0.6 is 11.6 Å². The molecule has 0 spiro atoms. The molecule has 2 saturated carbocycles. The first-order chi connectivity index (χ1) is 8.83. The maximum Gasteiger partial charge on any atom is 0.0453 e. The van der Waals surface area contributed by atoms with Crippen LogP contribution in [0, 0.1) is 17.8 Å². The minimum atomic E-state index is 0.481. The average Bonchev–Trinajstić information content (AvgIpc) is 2.85. The van der Waals surface area contributed by atoms with Crippen molar-refractivity contribution in [1.82, 2.24) is 5.32 Å². The zero-order valence-electron chi connectivity index (χ0n) is 11.0. The lowest BCUT2D eigenvalue weighted by Crippen LogP contribution is -2.25. The van der Waals surface area contributed by atoms with Gasteiger partial charge in [0.05, 0.1) is 0 Å². The maximum absolute atomic E-state index is 6.39. The lowest BCUT2D eigenvalue weighted by molar-refractivity contribution is 0.418. The Hall–Kier alpha value is -0.530. The topological polar surface area (TPSA) is 12.0 Å². The van der Waals surface area contributed by atoms with Gasteiger partial charge in [-0.3, -0.25) is 0 Å². The van der Waals surface area contributed by atoms with Crippen molar-refractivity contribution >= 4 is 11.6 Å². The van der Waals surface area contributed by atoms with Crippen molar-refractivity contribution in [2.75, 3.05) is 6.54 Å². The van der Waals surface area contributed by atoms with Crippen LogP contribution in [-0.2, 0) is 0 Å². The molecule has 18 heavy (non-hydrogen) atoms. The third-order valence-corrected chi connectivity index (χ3v) is 5.06. The molecule has 0 heterocycles. The SMILES string of the molecule is CCCNC(c1ccccc1Cl)C1C2CCCC21. The van der Waals surface area contributed by atoms with Crippen molar-refractivity contribution in [2.45, 2.75) is 38.6 Å². The molecule has 0 aliphatic heterocycles. The van der Waals surface area contributed by atoms with Gasteiger partial charge >= 0.3 is 0 Å². The van der Waals surface area contributed by atoms with Gasteiger partial charge in [0.25, 0.3) is 0 Å². The molecule has 3 atom stereocenters. The summed E-state index contributed by atoms with van der Waals surface area (Å²) in [4.78, 5) is 0. The van der Waals surface area contributed by atoms with Crippen molar-refractivity contribution in [1.29, 1.82) is 0 Å². The van der Waals surface area contributed by atoms with Gasteiger partial charge in [0.1, 0.15) is 0 Å². The Balaban J connectivity index is 1.80. The molecule has 98 valence electrons. The van der Waals surface area contributed by atoms with Crippen LogP contribution in [0.15, 0.2) is 24.3 Å². The van der Waals surface area contributed by atoms with Crippen LogP contribution < -0.4 is 5.32 Å². The zero-order chi connectivity index (χ0) is 12.5. The first-order valence-electron chi connectivity index (χ1n) is 7.30. The van der Waals surface area contributed by atoms with E-state index in [1.807, 2.05) is 12.1 Å². The number of benzene rings is 1. The summed E-state index contributed by atoms with van der Waals surface area (Å²) in [6.45, 7) is 3.32. The quantitative estimate of drug-likeness (QED) is 0.829. The minimum absolute atomic E-state index is 0.481. The summed E-state index contributed by atoms with van der Waals surface area (Å²) in [5.74, 6) is 2.77. The van der Waals surface area contributed by atoms with E-state index in [0.717, 1.165) is 29.3 Å². The van der Waals surface area contributed by atoms with Crippen molar-refractivity contribution in [2.24, 2.45) is 17.8 Å². The third kappa shape index (κ3) is 2.19. The van der Waals surface area contributed by atoms with Gasteiger partial charge in [0.2, 0.25) is 0 Å². The van der Waals surface area contributed by atoms with Gasteiger partial charge in [-0.25, -0.2) is 0 Å². The second-order valence-corrected chi connectivity index (χ2v) is 6.20. The Bertz CT molecular complexity index is 407. The van der Waals surface area contributed by atoms with E-state index in [1.54, 1.807) is 0 Å². The second-order valence-electron chi connectivity index (χ2n) is 5.79. The molecular weight excluding hydrogens is 242 g/mol. The molecule has 0 saturated heterocycles. The molecule has 0 radical (unpaired) electrons. The van der Waals surface area contributed by atoms with Crippen molar-refractivity contribution in [3.8, 4) is 0 Å². The predicted molar refractivity (Wildman–Crippen MR) is 76.8 cm³/mol. The summed E-state index contributed by atoms with van der Waals surface area (Å²) in [5.41, 5.74) is 1.31. The number of halogens is 1. The molecular formula is C16H22ClN. The fourth-order valence-electron chi connectivity index (χ4n) is 3.85. The Morgan fingerprint density at radius 1 is 1.28 bits per heavy atom. The van der Waals surface area contributed by atoms with Crippen LogP contribution in [0.3, 0.4) is 0 Å². The third-order valence-electron chi connectivity index (χ3n) is 4.71. The number of hydrogen-bond donors (Lipinski definition) is 1. The van der Waals surface area contributed by atoms with Crippen LogP contribution in [0.25, 0.3) is 0 Å². The normalized spacial score (nSPS) is 31.1. The average molecular weight is 264 g/mol. The lowest BCUT2D eigenvalue weighted by Gasteiger charge is -2.22. The molecule has 2 aliphatic rings. The molecule has 3 unspecified atom stereocenters. The monoisotopic (exact) mass is 263 g/mol. The molecule has 1 aromatic rings.